The summed E-state index contributed by atoms with van der Waals surface area (Å²) in [6.07, 6.45) is 10.8. The molecule has 0 aromatic carbocycles. The van der Waals surface area contributed by atoms with Crippen LogP contribution in [0.15, 0.2) is 49.1 Å². The van der Waals surface area contributed by atoms with Crippen LogP contribution >= 0.6 is 0 Å². The fraction of sp³-hybridized carbons (Fsp3) is 0.364. The monoisotopic (exact) mass is 373 g/mol. The SMILES string of the molecule is c1cncc(-c2ncc3c(n2)CCN(Cc2cccnc2OCC2CC2)C3)c1. The van der Waals surface area contributed by atoms with Gasteiger partial charge in [-0.15, -0.1) is 0 Å². The highest BCUT2D eigenvalue weighted by Crippen LogP contribution is 2.30. The van der Waals surface area contributed by atoms with E-state index in [0.717, 1.165) is 67.1 Å². The van der Waals surface area contributed by atoms with Crippen LogP contribution in [0.2, 0.25) is 0 Å². The fourth-order valence-corrected chi connectivity index (χ4v) is 3.54. The summed E-state index contributed by atoms with van der Waals surface area (Å²) in [7, 11) is 0. The Hall–Kier alpha value is -2.86. The van der Waals surface area contributed by atoms with Gasteiger partial charge in [-0.25, -0.2) is 15.0 Å². The second-order valence-corrected chi connectivity index (χ2v) is 7.59. The Balaban J connectivity index is 1.29. The molecule has 1 aliphatic carbocycles. The predicted molar refractivity (Wildman–Crippen MR) is 106 cm³/mol. The van der Waals surface area contributed by atoms with Gasteiger partial charge in [0.1, 0.15) is 0 Å². The van der Waals surface area contributed by atoms with Gasteiger partial charge in [-0.05, 0) is 37.0 Å². The van der Waals surface area contributed by atoms with Crippen LogP contribution in [0.4, 0.5) is 0 Å². The first-order valence-electron chi connectivity index (χ1n) is 9.89. The normalized spacial score (nSPS) is 16.6. The summed E-state index contributed by atoms with van der Waals surface area (Å²) in [5, 5.41) is 0. The van der Waals surface area contributed by atoms with Crippen LogP contribution in [0.5, 0.6) is 5.88 Å². The summed E-state index contributed by atoms with van der Waals surface area (Å²) < 4.78 is 5.97. The first-order chi connectivity index (χ1) is 13.8. The largest absolute Gasteiger partial charge is 0.477 e. The molecule has 28 heavy (non-hydrogen) atoms. The molecular weight excluding hydrogens is 350 g/mol. The van der Waals surface area contributed by atoms with Crippen LogP contribution in [-0.4, -0.2) is 38.0 Å². The molecule has 2 aliphatic rings. The van der Waals surface area contributed by atoms with Gasteiger partial charge in [0.25, 0.3) is 0 Å². The van der Waals surface area contributed by atoms with Crippen LogP contribution in [-0.2, 0) is 19.5 Å². The molecule has 4 heterocycles. The number of aromatic nitrogens is 4. The lowest BCUT2D eigenvalue weighted by molar-refractivity contribution is 0.231. The van der Waals surface area contributed by atoms with E-state index in [2.05, 4.69) is 25.9 Å². The van der Waals surface area contributed by atoms with Crippen LogP contribution < -0.4 is 4.74 Å². The Morgan fingerprint density at radius 2 is 2.00 bits per heavy atom. The van der Waals surface area contributed by atoms with Crippen molar-refractivity contribution in [1.82, 2.24) is 24.8 Å². The van der Waals surface area contributed by atoms with Gasteiger partial charge in [-0.1, -0.05) is 6.07 Å². The van der Waals surface area contributed by atoms with Gasteiger partial charge in [0.05, 0.1) is 12.3 Å². The molecular formula is C22H23N5O. The van der Waals surface area contributed by atoms with Crippen molar-refractivity contribution in [3.63, 3.8) is 0 Å². The van der Waals surface area contributed by atoms with E-state index in [-0.39, 0.29) is 0 Å². The van der Waals surface area contributed by atoms with Crippen molar-refractivity contribution in [2.24, 2.45) is 5.92 Å². The zero-order valence-corrected chi connectivity index (χ0v) is 15.8. The number of hydrogen-bond donors (Lipinski definition) is 0. The number of ether oxygens (including phenoxy) is 1. The van der Waals surface area contributed by atoms with E-state index >= 15 is 0 Å². The van der Waals surface area contributed by atoms with Crippen molar-refractivity contribution in [3.8, 4) is 17.3 Å². The van der Waals surface area contributed by atoms with Crippen LogP contribution in [0.1, 0.15) is 29.7 Å². The molecule has 1 saturated carbocycles. The van der Waals surface area contributed by atoms with E-state index in [4.69, 9.17) is 9.72 Å². The second kappa shape index (κ2) is 7.64. The maximum Gasteiger partial charge on any atom is 0.217 e. The molecule has 0 bridgehead atoms. The summed E-state index contributed by atoms with van der Waals surface area (Å²) >= 11 is 0. The lowest BCUT2D eigenvalue weighted by atomic mass is 10.1. The van der Waals surface area contributed by atoms with Gasteiger partial charge in [0.15, 0.2) is 5.82 Å². The third kappa shape index (κ3) is 3.87. The molecule has 0 radical (unpaired) electrons. The minimum Gasteiger partial charge on any atom is -0.477 e. The first kappa shape index (κ1) is 17.3. The van der Waals surface area contributed by atoms with E-state index in [1.54, 1.807) is 6.20 Å². The fourth-order valence-electron chi connectivity index (χ4n) is 3.54. The zero-order valence-electron chi connectivity index (χ0n) is 15.8. The average molecular weight is 373 g/mol. The van der Waals surface area contributed by atoms with Gasteiger partial charge in [0, 0.05) is 67.5 Å². The number of nitrogens with zero attached hydrogens (tertiary/aromatic N) is 5. The minimum atomic E-state index is 0.725. The molecule has 0 amide bonds. The van der Waals surface area contributed by atoms with E-state index < -0.39 is 0 Å². The van der Waals surface area contributed by atoms with E-state index in [0.29, 0.717) is 0 Å². The number of fused-ring (bicyclic) bond motifs is 1. The molecule has 0 unspecified atom stereocenters. The molecule has 6 heteroatoms. The van der Waals surface area contributed by atoms with Crippen molar-refractivity contribution < 1.29 is 4.74 Å². The van der Waals surface area contributed by atoms with Crippen LogP contribution in [0, 0.1) is 5.92 Å². The van der Waals surface area contributed by atoms with Gasteiger partial charge in [-0.2, -0.15) is 0 Å². The van der Waals surface area contributed by atoms with Crippen LogP contribution in [0.25, 0.3) is 11.4 Å². The van der Waals surface area contributed by atoms with Gasteiger partial charge >= 0.3 is 0 Å². The lowest BCUT2D eigenvalue weighted by Gasteiger charge is -2.28. The van der Waals surface area contributed by atoms with Gasteiger partial charge in [-0.3, -0.25) is 9.88 Å². The van der Waals surface area contributed by atoms with Crippen molar-refractivity contribution >= 4 is 0 Å². The molecule has 1 fully saturated rings. The molecule has 6 nitrogen and oxygen atoms in total. The van der Waals surface area contributed by atoms with Crippen LogP contribution in [0.3, 0.4) is 0 Å². The molecule has 0 spiro atoms. The summed E-state index contributed by atoms with van der Waals surface area (Å²) in [4.78, 5) is 20.4. The van der Waals surface area contributed by atoms with E-state index in [1.807, 2.05) is 36.8 Å². The maximum absolute atomic E-state index is 5.97. The Morgan fingerprint density at radius 1 is 1.07 bits per heavy atom. The highest BCUT2D eigenvalue weighted by atomic mass is 16.5. The predicted octanol–water partition coefficient (Wildman–Crippen LogP) is 3.28. The minimum absolute atomic E-state index is 0.725. The first-order valence-corrected chi connectivity index (χ1v) is 9.89. The number of pyridine rings is 2. The third-order valence-corrected chi connectivity index (χ3v) is 5.33. The van der Waals surface area contributed by atoms with Gasteiger partial charge in [0.2, 0.25) is 5.88 Å². The Bertz CT molecular complexity index is 958. The van der Waals surface area contributed by atoms with Crippen molar-refractivity contribution in [2.75, 3.05) is 13.2 Å². The van der Waals surface area contributed by atoms with E-state index in [9.17, 15) is 0 Å². The molecule has 0 N–H and O–H groups in total. The zero-order chi connectivity index (χ0) is 18.8. The van der Waals surface area contributed by atoms with Crippen molar-refractivity contribution in [2.45, 2.75) is 32.4 Å². The Labute approximate surface area is 164 Å². The summed E-state index contributed by atoms with van der Waals surface area (Å²) in [6, 6.07) is 8.01. The van der Waals surface area contributed by atoms with Crippen molar-refractivity contribution in [3.05, 3.63) is 65.9 Å². The molecule has 0 atom stereocenters. The quantitative estimate of drug-likeness (QED) is 0.661. The van der Waals surface area contributed by atoms with Crippen molar-refractivity contribution in [1.29, 1.82) is 0 Å². The topological polar surface area (TPSA) is 64.0 Å². The summed E-state index contributed by atoms with van der Waals surface area (Å²) in [6.45, 7) is 3.43. The highest BCUT2D eigenvalue weighted by Gasteiger charge is 2.24. The second-order valence-electron chi connectivity index (χ2n) is 7.59. The third-order valence-electron chi connectivity index (χ3n) is 5.33. The Kier molecular flexibility index (Phi) is 4.71. The maximum atomic E-state index is 5.97. The lowest BCUT2D eigenvalue weighted by Crippen LogP contribution is -2.31. The molecule has 1 aliphatic heterocycles. The molecule has 5 rings (SSSR count). The smallest absolute Gasteiger partial charge is 0.217 e. The Morgan fingerprint density at radius 3 is 2.86 bits per heavy atom. The number of hydrogen-bond acceptors (Lipinski definition) is 6. The average Bonchev–Trinajstić information content (AvgIpc) is 3.58. The summed E-state index contributed by atoms with van der Waals surface area (Å²) in [5.74, 6) is 2.26. The standard InChI is InChI=1S/C22H23N5O/c1-3-17(11-23-8-1)21-25-12-19-14-27(10-7-20(19)26-21)13-18-4-2-9-24-22(18)28-15-16-5-6-16/h1-4,8-9,11-12,16H,5-7,10,13-15H2. The molecule has 3 aromatic rings. The summed E-state index contributed by atoms with van der Waals surface area (Å²) in [5.41, 5.74) is 4.45. The van der Waals surface area contributed by atoms with Gasteiger partial charge < -0.3 is 4.74 Å². The van der Waals surface area contributed by atoms with E-state index in [1.165, 1.54) is 18.4 Å². The molecule has 142 valence electrons. The molecule has 3 aromatic heterocycles. The highest BCUT2D eigenvalue weighted by molar-refractivity contribution is 5.53. The number of rotatable bonds is 6. The molecule has 0 saturated heterocycles.